The SMILES string of the molecule is CO[C@@H]([C@@H]1Cc2cc3cc(O[C@H]4C[C@@H](O[C@H]5C[C@@H](O)[C@H](O)[C@@H](C)O5)[C@H](O)[C@@H](C)O4)c(C)c(O)c3c(O)c2C(=O)[C@H]1O[C@H]1C[C@@H](O[C@H]2C[C@@H](O[C@H]3C[C@](C)(O)[C@H](O)[C@@H](C)O3)[C@@H](O)[C@@H](C)O2)[C@H](O)[C@@H](C)O1)[C@@H](O)C(C)=O. The Morgan fingerprint density at radius 1 is 0.689 bits per heavy atom. The van der Waals surface area contributed by atoms with Crippen LogP contribution < -0.4 is 4.74 Å². The molecule has 5 saturated heterocycles. The molecule has 0 aromatic heterocycles. The minimum absolute atomic E-state index is 0.0165. The van der Waals surface area contributed by atoms with Crippen LogP contribution in [0.5, 0.6) is 17.2 Å². The largest absolute Gasteiger partial charge is 0.507 e. The van der Waals surface area contributed by atoms with Crippen molar-refractivity contribution in [2.45, 2.75) is 235 Å². The van der Waals surface area contributed by atoms with Crippen molar-refractivity contribution in [3.8, 4) is 17.2 Å². The van der Waals surface area contributed by atoms with Crippen molar-refractivity contribution in [3.05, 3.63) is 28.8 Å². The Morgan fingerprint density at radius 3 is 1.70 bits per heavy atom. The number of ether oxygens (including phenoxy) is 11. The summed E-state index contributed by atoms with van der Waals surface area (Å²) in [6.07, 6.45) is -24.2. The molecule has 5 fully saturated rings. The van der Waals surface area contributed by atoms with Crippen LogP contribution in [-0.4, -0.2) is 211 Å². The molecule has 0 bridgehead atoms. The second-order valence-corrected chi connectivity index (χ2v) is 21.2. The van der Waals surface area contributed by atoms with E-state index in [0.717, 1.165) is 6.92 Å². The highest BCUT2D eigenvalue weighted by atomic mass is 16.7. The van der Waals surface area contributed by atoms with Gasteiger partial charge in [0, 0.05) is 50.7 Å². The lowest BCUT2D eigenvalue weighted by atomic mass is 9.75. The Bertz CT molecular complexity index is 2300. The van der Waals surface area contributed by atoms with Gasteiger partial charge in [0.05, 0.1) is 77.6 Å². The Labute approximate surface area is 428 Å². The molecule has 10 N–H and O–H groups in total. The summed E-state index contributed by atoms with van der Waals surface area (Å²) in [5.41, 5.74) is -1.31. The van der Waals surface area contributed by atoms with Gasteiger partial charge in [0.2, 0.25) is 6.29 Å². The highest BCUT2D eigenvalue weighted by Gasteiger charge is 2.51. The van der Waals surface area contributed by atoms with E-state index in [1.54, 1.807) is 40.7 Å². The van der Waals surface area contributed by atoms with Crippen molar-refractivity contribution in [2.24, 2.45) is 5.92 Å². The van der Waals surface area contributed by atoms with Gasteiger partial charge in [-0.3, -0.25) is 9.59 Å². The Morgan fingerprint density at radius 2 is 1.18 bits per heavy atom. The molecule has 23 heteroatoms. The van der Waals surface area contributed by atoms with Crippen LogP contribution in [-0.2, 0) is 58.6 Å². The number of ketones is 2. The number of benzene rings is 2. The summed E-state index contributed by atoms with van der Waals surface area (Å²) in [4.78, 5) is 27.7. The number of Topliss-reactive ketones (excluding diaryl/α,β-unsaturated/α-hetero) is 2. The van der Waals surface area contributed by atoms with E-state index in [-0.39, 0.29) is 71.7 Å². The topological polar surface area (TPSA) is 338 Å². The fourth-order valence-electron chi connectivity index (χ4n) is 11.2. The predicted octanol–water partition coefficient (Wildman–Crippen LogP) is 0.390. The maximum atomic E-state index is 14.9. The third-order valence-electron chi connectivity index (χ3n) is 15.6. The first-order chi connectivity index (χ1) is 34.8. The number of fused-ring (bicyclic) bond motifs is 2. The molecule has 24 atom stereocenters. The molecule has 416 valence electrons. The summed E-state index contributed by atoms with van der Waals surface area (Å²) in [6.45, 7) is 12.1. The number of carbonyl (C=O) groups is 2. The second-order valence-electron chi connectivity index (χ2n) is 21.2. The number of phenols is 2. The number of methoxy groups -OCH3 is 1. The van der Waals surface area contributed by atoms with Crippen LogP contribution in [0.3, 0.4) is 0 Å². The monoisotopic (exact) mass is 1050 g/mol. The molecule has 23 nitrogen and oxygen atoms in total. The van der Waals surface area contributed by atoms with Gasteiger partial charge in [-0.2, -0.15) is 0 Å². The van der Waals surface area contributed by atoms with Gasteiger partial charge in [-0.05, 0) is 84.9 Å². The van der Waals surface area contributed by atoms with Crippen LogP contribution >= 0.6 is 0 Å². The van der Waals surface area contributed by atoms with E-state index in [1.807, 2.05) is 0 Å². The summed E-state index contributed by atoms with van der Waals surface area (Å²) in [6, 6.07) is 3.11. The van der Waals surface area contributed by atoms with Crippen molar-refractivity contribution < 1.29 is 113 Å². The van der Waals surface area contributed by atoms with Crippen LogP contribution in [0, 0.1) is 12.8 Å². The maximum Gasteiger partial charge on any atom is 0.202 e. The standard InChI is InChI=1S/C51H74O23/c1-18-29(70-34-14-30(43(57)21(4)66-34)71-33-13-28(53)42(56)20(3)65-33)12-26-10-25-11-27(48(64-9)41(55)19(2)52)49(47(61)39(25)46(60)38(26)40(18)54)74-36-16-31(44(58)23(6)68-36)72-35-15-32(45(59)22(5)67-35)73-37-17-51(8,63)50(62)24(7)69-37/h10,12,20-24,27-28,30-37,41-45,48-50,53-60,62-63H,11,13-17H2,1-9H3/t20-,21-,22-,23-,24-,27+,28-,30-,31-,32-,33+,34+,35+,36+,37+,41+,42-,43-,44-,45+,48+,49+,50-,51+/m1/s1. The van der Waals surface area contributed by atoms with Crippen LogP contribution in [0.15, 0.2) is 12.1 Å². The molecule has 5 heterocycles. The number of hydrogen-bond acceptors (Lipinski definition) is 23. The number of rotatable bonds is 14. The molecule has 6 aliphatic rings. The molecule has 2 aromatic carbocycles. The molecular weight excluding hydrogens is 981 g/mol. The van der Waals surface area contributed by atoms with Gasteiger partial charge >= 0.3 is 0 Å². The van der Waals surface area contributed by atoms with Crippen molar-refractivity contribution in [2.75, 3.05) is 7.11 Å². The maximum absolute atomic E-state index is 14.9. The fourth-order valence-corrected chi connectivity index (χ4v) is 11.2. The second kappa shape index (κ2) is 22.6. The van der Waals surface area contributed by atoms with Crippen molar-refractivity contribution in [1.29, 1.82) is 0 Å². The van der Waals surface area contributed by atoms with Crippen LogP contribution in [0.1, 0.15) is 102 Å². The fraction of sp³-hybridized carbons (Fsp3) is 0.765. The van der Waals surface area contributed by atoms with E-state index in [1.165, 1.54) is 27.0 Å². The lowest BCUT2D eigenvalue weighted by Crippen LogP contribution is -2.58. The van der Waals surface area contributed by atoms with E-state index < -0.39 is 170 Å². The smallest absolute Gasteiger partial charge is 0.202 e. The summed E-state index contributed by atoms with van der Waals surface area (Å²) >= 11 is 0. The first-order valence-corrected chi connectivity index (χ1v) is 25.4. The first kappa shape index (κ1) is 56.9. The van der Waals surface area contributed by atoms with Crippen molar-refractivity contribution >= 4 is 22.3 Å². The van der Waals surface area contributed by atoms with Gasteiger partial charge in [0.25, 0.3) is 0 Å². The van der Waals surface area contributed by atoms with E-state index in [4.69, 9.17) is 52.1 Å². The van der Waals surface area contributed by atoms with Gasteiger partial charge < -0.3 is 103 Å². The average Bonchev–Trinajstić information content (AvgIpc) is 3.32. The van der Waals surface area contributed by atoms with Crippen LogP contribution in [0.2, 0.25) is 0 Å². The predicted molar refractivity (Wildman–Crippen MR) is 253 cm³/mol. The van der Waals surface area contributed by atoms with Gasteiger partial charge in [0.1, 0.15) is 60.0 Å². The van der Waals surface area contributed by atoms with Gasteiger partial charge in [-0.15, -0.1) is 0 Å². The molecule has 74 heavy (non-hydrogen) atoms. The molecule has 8 rings (SSSR count). The first-order valence-electron chi connectivity index (χ1n) is 25.4. The third kappa shape index (κ3) is 11.5. The number of aromatic hydroxyl groups is 2. The highest BCUT2D eigenvalue weighted by Crippen LogP contribution is 2.48. The number of phenolic OH excluding ortho intramolecular Hbond substituents is 2. The molecular formula is C51H74O23. The Hall–Kier alpha value is -3.28. The summed E-state index contributed by atoms with van der Waals surface area (Å²) in [5.74, 6) is -3.42. The molecule has 0 amide bonds. The molecule has 0 spiro atoms. The minimum atomic E-state index is -1.72. The number of aliphatic hydroxyl groups excluding tert-OH is 7. The number of carbonyl (C=O) groups excluding carboxylic acids is 2. The van der Waals surface area contributed by atoms with Gasteiger partial charge in [-0.1, -0.05) is 0 Å². The highest BCUT2D eigenvalue weighted by molar-refractivity contribution is 6.11. The quantitative estimate of drug-likeness (QED) is 0.122. The normalized spacial score (nSPS) is 42.9. The van der Waals surface area contributed by atoms with E-state index in [9.17, 15) is 60.7 Å². The molecule has 0 unspecified atom stereocenters. The third-order valence-corrected chi connectivity index (χ3v) is 15.6. The summed E-state index contributed by atoms with van der Waals surface area (Å²) in [5, 5.41) is 110. The van der Waals surface area contributed by atoms with E-state index in [0.29, 0.717) is 0 Å². The molecule has 0 saturated carbocycles. The minimum Gasteiger partial charge on any atom is -0.507 e. The van der Waals surface area contributed by atoms with E-state index >= 15 is 0 Å². The zero-order valence-electron chi connectivity index (χ0n) is 43.0. The Balaban J connectivity index is 1.03. The molecule has 5 aliphatic heterocycles. The van der Waals surface area contributed by atoms with Crippen LogP contribution in [0.25, 0.3) is 10.8 Å². The molecule has 1 aliphatic carbocycles. The summed E-state index contributed by atoms with van der Waals surface area (Å²) < 4.78 is 66.6. The van der Waals surface area contributed by atoms with Crippen molar-refractivity contribution in [1.82, 2.24) is 0 Å². The molecule has 0 radical (unpaired) electrons. The average molecular weight is 1060 g/mol. The molecule has 2 aromatic rings. The lowest BCUT2D eigenvalue weighted by molar-refractivity contribution is -0.334. The van der Waals surface area contributed by atoms with Gasteiger partial charge in [0.15, 0.2) is 36.7 Å². The summed E-state index contributed by atoms with van der Waals surface area (Å²) in [7, 11) is 1.26. The van der Waals surface area contributed by atoms with E-state index in [2.05, 4.69) is 0 Å². The van der Waals surface area contributed by atoms with Gasteiger partial charge in [-0.25, -0.2) is 0 Å². The Kier molecular flexibility index (Phi) is 17.4. The number of aliphatic hydroxyl groups is 8. The lowest BCUT2D eigenvalue weighted by Gasteiger charge is -2.46. The zero-order chi connectivity index (χ0) is 54.0. The van der Waals surface area contributed by atoms with Crippen LogP contribution in [0.4, 0.5) is 0 Å². The van der Waals surface area contributed by atoms with Crippen molar-refractivity contribution in [3.63, 3.8) is 0 Å². The zero-order valence-corrected chi connectivity index (χ0v) is 43.0. The number of hydrogen-bond donors (Lipinski definition) is 10.